The third-order valence-corrected chi connectivity index (χ3v) is 4.03. The fourth-order valence-electron chi connectivity index (χ4n) is 1.07. The predicted molar refractivity (Wildman–Crippen MR) is 63.6 cm³/mol. The van der Waals surface area contributed by atoms with E-state index in [0.29, 0.717) is 12.3 Å². The summed E-state index contributed by atoms with van der Waals surface area (Å²) in [6, 6.07) is 0. The molecule has 4 nitrogen and oxygen atoms in total. The minimum atomic E-state index is -1.05. The van der Waals surface area contributed by atoms with Crippen molar-refractivity contribution < 1.29 is 14.7 Å². The number of nitrogens with zero attached hydrogens (tertiary/aromatic N) is 1. The van der Waals surface area contributed by atoms with Gasteiger partial charge in [-0.1, -0.05) is 18.3 Å². The molecule has 0 spiro atoms. The molecule has 0 aromatic rings. The molecule has 1 unspecified atom stereocenters. The van der Waals surface area contributed by atoms with E-state index >= 15 is 0 Å². The Balaban J connectivity index is 2.40. The standard InChI is InChI=1S/C9H17NO3S2/c1-7(2)6-15-10-9(13-10,8(11)12)4-5-14-3/h7H,4-6H2,1-3H3,(H,11,12)/t9-,10?/m1/s1. The van der Waals surface area contributed by atoms with E-state index in [4.69, 9.17) is 9.94 Å². The van der Waals surface area contributed by atoms with E-state index in [-0.39, 0.29) is 0 Å². The topological polar surface area (TPSA) is 52.8 Å². The summed E-state index contributed by atoms with van der Waals surface area (Å²) in [5, 5.41) is 9.08. The highest BCUT2D eigenvalue weighted by Gasteiger charge is 2.62. The molecule has 0 aliphatic carbocycles. The molecule has 2 atom stereocenters. The first-order valence-electron chi connectivity index (χ1n) is 4.87. The molecular formula is C9H17NO3S2. The van der Waals surface area contributed by atoms with Gasteiger partial charge in [-0.2, -0.15) is 11.8 Å². The van der Waals surface area contributed by atoms with E-state index in [1.165, 1.54) is 16.4 Å². The van der Waals surface area contributed by atoms with Crippen molar-refractivity contribution in [1.82, 2.24) is 4.47 Å². The van der Waals surface area contributed by atoms with Gasteiger partial charge >= 0.3 is 5.97 Å². The Kier molecular flexibility index (Phi) is 4.76. The Morgan fingerprint density at radius 1 is 1.60 bits per heavy atom. The van der Waals surface area contributed by atoms with Gasteiger partial charge in [-0.3, -0.25) is 0 Å². The lowest BCUT2D eigenvalue weighted by atomic mass is 10.2. The van der Waals surface area contributed by atoms with Crippen LogP contribution >= 0.6 is 23.7 Å². The van der Waals surface area contributed by atoms with Crippen LogP contribution in [0.2, 0.25) is 0 Å². The summed E-state index contributed by atoms with van der Waals surface area (Å²) in [6.07, 6.45) is 2.50. The van der Waals surface area contributed by atoms with Crippen LogP contribution in [-0.2, 0) is 9.63 Å². The van der Waals surface area contributed by atoms with E-state index in [1.54, 1.807) is 11.8 Å². The smallest absolute Gasteiger partial charge is 0.356 e. The Bertz CT molecular complexity index is 237. The van der Waals surface area contributed by atoms with Gasteiger partial charge in [-0.15, -0.1) is 0 Å². The van der Waals surface area contributed by atoms with Gasteiger partial charge in [0.15, 0.2) is 0 Å². The largest absolute Gasteiger partial charge is 0.478 e. The summed E-state index contributed by atoms with van der Waals surface area (Å²) in [7, 11) is 0. The molecule has 1 aliphatic heterocycles. The molecule has 88 valence electrons. The molecule has 0 radical (unpaired) electrons. The van der Waals surface area contributed by atoms with Crippen molar-refractivity contribution in [2.45, 2.75) is 26.0 Å². The average molecular weight is 251 g/mol. The Labute approximate surface area is 98.8 Å². The molecule has 0 aromatic carbocycles. The summed E-state index contributed by atoms with van der Waals surface area (Å²) in [4.78, 5) is 16.3. The van der Waals surface area contributed by atoms with E-state index in [9.17, 15) is 4.79 Å². The lowest BCUT2D eigenvalue weighted by Crippen LogP contribution is -2.28. The summed E-state index contributed by atoms with van der Waals surface area (Å²) >= 11 is 3.09. The first-order chi connectivity index (χ1) is 7.03. The summed E-state index contributed by atoms with van der Waals surface area (Å²) < 4.78 is 1.52. The van der Waals surface area contributed by atoms with Crippen LogP contribution in [-0.4, -0.2) is 39.0 Å². The highest BCUT2D eigenvalue weighted by atomic mass is 32.2. The van der Waals surface area contributed by atoms with Gasteiger partial charge < -0.3 is 5.11 Å². The van der Waals surface area contributed by atoms with Gasteiger partial charge in [0.05, 0.1) is 0 Å². The van der Waals surface area contributed by atoms with Gasteiger partial charge in [0.1, 0.15) is 0 Å². The van der Waals surface area contributed by atoms with Crippen molar-refractivity contribution in [3.8, 4) is 0 Å². The molecule has 1 saturated heterocycles. The molecular weight excluding hydrogens is 234 g/mol. The van der Waals surface area contributed by atoms with Gasteiger partial charge in [-0.05, 0) is 29.9 Å². The lowest BCUT2D eigenvalue weighted by Gasteiger charge is -2.06. The average Bonchev–Trinajstić information content (AvgIpc) is 2.87. The third kappa shape index (κ3) is 3.27. The van der Waals surface area contributed by atoms with Crippen molar-refractivity contribution in [2.75, 3.05) is 17.8 Å². The molecule has 0 aromatic heterocycles. The van der Waals surface area contributed by atoms with E-state index in [1.807, 2.05) is 6.26 Å². The first kappa shape index (κ1) is 13.2. The summed E-state index contributed by atoms with van der Waals surface area (Å²) in [5.41, 5.74) is -1.05. The van der Waals surface area contributed by atoms with Crippen LogP contribution in [0.4, 0.5) is 0 Å². The van der Waals surface area contributed by atoms with E-state index < -0.39 is 11.7 Å². The number of aliphatic carboxylic acids is 1. The summed E-state index contributed by atoms with van der Waals surface area (Å²) in [5.74, 6) is 1.33. The normalized spacial score (nSPS) is 29.5. The zero-order valence-corrected chi connectivity index (χ0v) is 10.9. The second-order valence-electron chi connectivity index (χ2n) is 3.87. The predicted octanol–water partition coefficient (Wildman–Crippen LogP) is 2.07. The van der Waals surface area contributed by atoms with Crippen molar-refractivity contribution >= 4 is 29.7 Å². The van der Waals surface area contributed by atoms with Gasteiger partial charge in [0, 0.05) is 12.2 Å². The van der Waals surface area contributed by atoms with Crippen LogP contribution in [0, 0.1) is 5.92 Å². The maximum atomic E-state index is 11.1. The fourth-order valence-corrected chi connectivity index (χ4v) is 2.53. The second-order valence-corrected chi connectivity index (χ2v) is 5.78. The Hall–Kier alpha value is 0.0900. The van der Waals surface area contributed by atoms with Crippen molar-refractivity contribution in [2.24, 2.45) is 5.92 Å². The third-order valence-electron chi connectivity index (χ3n) is 2.00. The zero-order chi connectivity index (χ0) is 11.5. The fraction of sp³-hybridized carbons (Fsp3) is 0.889. The van der Waals surface area contributed by atoms with Gasteiger partial charge in [0.25, 0.3) is 5.72 Å². The minimum absolute atomic E-state index is 0.534. The maximum absolute atomic E-state index is 11.1. The Morgan fingerprint density at radius 2 is 2.27 bits per heavy atom. The van der Waals surface area contributed by atoms with Crippen LogP contribution in [0.5, 0.6) is 0 Å². The summed E-state index contributed by atoms with van der Waals surface area (Å²) in [6.45, 7) is 4.20. The zero-order valence-electron chi connectivity index (χ0n) is 9.23. The van der Waals surface area contributed by atoms with Crippen LogP contribution in [0.15, 0.2) is 0 Å². The van der Waals surface area contributed by atoms with E-state index in [2.05, 4.69) is 13.8 Å². The number of carboxylic acid groups (broad SMARTS) is 1. The number of thioether (sulfide) groups is 1. The quantitative estimate of drug-likeness (QED) is 0.552. The molecule has 1 fully saturated rings. The monoisotopic (exact) mass is 251 g/mol. The highest BCUT2D eigenvalue weighted by Crippen LogP contribution is 2.45. The molecule has 1 rings (SSSR count). The molecule has 1 N–H and O–H groups in total. The van der Waals surface area contributed by atoms with E-state index in [0.717, 1.165) is 11.5 Å². The molecule has 6 heteroatoms. The number of hydrogen-bond acceptors (Lipinski definition) is 5. The van der Waals surface area contributed by atoms with Crippen LogP contribution in [0.25, 0.3) is 0 Å². The molecule has 15 heavy (non-hydrogen) atoms. The van der Waals surface area contributed by atoms with Gasteiger partial charge in [0.2, 0.25) is 0 Å². The van der Waals surface area contributed by atoms with Crippen molar-refractivity contribution in [3.05, 3.63) is 0 Å². The van der Waals surface area contributed by atoms with Crippen LogP contribution in [0.1, 0.15) is 20.3 Å². The molecule has 1 aliphatic rings. The number of hydroxylamine groups is 1. The van der Waals surface area contributed by atoms with Gasteiger partial charge in [-0.25, -0.2) is 9.63 Å². The maximum Gasteiger partial charge on any atom is 0.356 e. The number of hydrogen-bond donors (Lipinski definition) is 1. The van der Waals surface area contributed by atoms with Crippen LogP contribution in [0.3, 0.4) is 0 Å². The molecule has 0 bridgehead atoms. The molecule has 1 heterocycles. The van der Waals surface area contributed by atoms with Crippen LogP contribution < -0.4 is 0 Å². The number of carboxylic acids is 1. The highest BCUT2D eigenvalue weighted by molar-refractivity contribution is 7.98. The molecule has 0 amide bonds. The lowest BCUT2D eigenvalue weighted by molar-refractivity contribution is -0.143. The SMILES string of the molecule is CSCC[C@]1(C(=O)O)ON1SCC(C)C. The van der Waals surface area contributed by atoms with Crippen molar-refractivity contribution in [3.63, 3.8) is 0 Å². The minimum Gasteiger partial charge on any atom is -0.478 e. The molecule has 0 saturated carbocycles. The Morgan fingerprint density at radius 3 is 2.73 bits per heavy atom. The first-order valence-corrected chi connectivity index (χ1v) is 7.21. The number of rotatable bonds is 7. The second kappa shape index (κ2) is 5.43. The van der Waals surface area contributed by atoms with Crippen molar-refractivity contribution in [1.29, 1.82) is 0 Å². The number of carbonyl (C=O) groups is 1.